The van der Waals surface area contributed by atoms with Gasteiger partial charge in [-0.25, -0.2) is 4.98 Å². The highest BCUT2D eigenvalue weighted by atomic mass is 32.2. The molecule has 4 heterocycles. The molecule has 0 bridgehead atoms. The number of benzene rings is 1. The number of H-pyrrole nitrogens is 1. The van der Waals surface area contributed by atoms with Crippen LogP contribution in [0.1, 0.15) is 16.5 Å². The molecule has 0 aliphatic carbocycles. The Kier molecular flexibility index (Phi) is 4.50. The molecule has 0 saturated carbocycles. The molecule has 28 heavy (non-hydrogen) atoms. The first-order chi connectivity index (χ1) is 13.8. The highest BCUT2D eigenvalue weighted by Gasteiger charge is 2.19. The van der Waals surface area contributed by atoms with E-state index < -0.39 is 0 Å². The largest absolute Gasteiger partial charge is 0.467 e. The fourth-order valence-corrected chi connectivity index (χ4v) is 4.71. The van der Waals surface area contributed by atoms with Crippen LogP contribution in [0.5, 0.6) is 0 Å². The molecule has 1 aromatic carbocycles. The molecule has 0 radical (unpaired) electrons. The third-order valence-electron chi connectivity index (χ3n) is 4.46. The SMILES string of the molecule is Cc1nc(CSc2nnc(-c3c[nH]c4ccccc34)n2Cc2ccco2)cs1. The number of rotatable bonds is 6. The highest BCUT2D eigenvalue weighted by molar-refractivity contribution is 7.98. The minimum atomic E-state index is 0.577. The zero-order chi connectivity index (χ0) is 18.9. The molecule has 8 heteroatoms. The van der Waals surface area contributed by atoms with Crippen molar-refractivity contribution in [2.75, 3.05) is 0 Å². The van der Waals surface area contributed by atoms with E-state index in [1.165, 1.54) is 0 Å². The number of nitrogens with zero attached hydrogens (tertiary/aromatic N) is 4. The topological polar surface area (TPSA) is 72.5 Å². The van der Waals surface area contributed by atoms with Crippen molar-refractivity contribution in [1.82, 2.24) is 24.7 Å². The summed E-state index contributed by atoms with van der Waals surface area (Å²) in [5, 5.41) is 14.1. The van der Waals surface area contributed by atoms with E-state index in [4.69, 9.17) is 4.42 Å². The number of furan rings is 1. The summed E-state index contributed by atoms with van der Waals surface area (Å²) in [7, 11) is 0. The molecule has 0 spiro atoms. The lowest BCUT2D eigenvalue weighted by Crippen LogP contribution is -2.03. The van der Waals surface area contributed by atoms with Crippen LogP contribution in [0.3, 0.4) is 0 Å². The second-order valence-corrected chi connectivity index (χ2v) is 8.37. The van der Waals surface area contributed by atoms with Crippen LogP contribution in [0.4, 0.5) is 0 Å². The van der Waals surface area contributed by atoms with Crippen LogP contribution >= 0.6 is 23.1 Å². The normalized spacial score (nSPS) is 11.5. The predicted octanol–water partition coefficient (Wildman–Crippen LogP) is 5.12. The number of thioether (sulfide) groups is 1. The van der Waals surface area contributed by atoms with Gasteiger partial charge in [-0.2, -0.15) is 0 Å². The minimum Gasteiger partial charge on any atom is -0.467 e. The summed E-state index contributed by atoms with van der Waals surface area (Å²) < 4.78 is 7.69. The highest BCUT2D eigenvalue weighted by Crippen LogP contribution is 2.31. The van der Waals surface area contributed by atoms with E-state index in [1.54, 1.807) is 29.4 Å². The van der Waals surface area contributed by atoms with Crippen molar-refractivity contribution < 1.29 is 4.42 Å². The fraction of sp³-hybridized carbons (Fsp3) is 0.150. The summed E-state index contributed by atoms with van der Waals surface area (Å²) in [4.78, 5) is 7.87. The van der Waals surface area contributed by atoms with Crippen molar-refractivity contribution in [2.45, 2.75) is 24.4 Å². The maximum atomic E-state index is 5.58. The molecule has 140 valence electrons. The molecule has 0 saturated heterocycles. The Bertz CT molecular complexity index is 1220. The standard InChI is InChI=1S/C20H17N5OS2/c1-13-22-14(11-27-13)12-28-20-24-23-19(25(20)10-15-5-4-8-26-15)17-9-21-18-7-3-2-6-16(17)18/h2-9,11,21H,10,12H2,1H3. The van der Waals surface area contributed by atoms with Crippen molar-refractivity contribution in [3.05, 3.63) is 70.7 Å². The van der Waals surface area contributed by atoms with Gasteiger partial charge in [-0.3, -0.25) is 4.57 Å². The summed E-state index contributed by atoms with van der Waals surface area (Å²) in [6.07, 6.45) is 3.68. The summed E-state index contributed by atoms with van der Waals surface area (Å²) in [5.41, 5.74) is 3.18. The smallest absolute Gasteiger partial charge is 0.192 e. The van der Waals surface area contributed by atoms with Gasteiger partial charge in [-0.1, -0.05) is 30.0 Å². The molecule has 0 aliphatic rings. The Morgan fingerprint density at radius 2 is 2.11 bits per heavy atom. The number of aromatic nitrogens is 5. The zero-order valence-corrected chi connectivity index (χ0v) is 16.8. The fourth-order valence-electron chi connectivity index (χ4n) is 3.17. The van der Waals surface area contributed by atoms with Gasteiger partial charge in [-0.15, -0.1) is 21.5 Å². The lowest BCUT2D eigenvalue weighted by Gasteiger charge is -2.08. The van der Waals surface area contributed by atoms with E-state index in [-0.39, 0.29) is 0 Å². The Hall–Kier alpha value is -2.84. The van der Waals surface area contributed by atoms with E-state index in [0.717, 1.165) is 49.7 Å². The number of hydrogen-bond donors (Lipinski definition) is 1. The van der Waals surface area contributed by atoms with E-state index in [1.807, 2.05) is 37.4 Å². The number of hydrogen-bond acceptors (Lipinski definition) is 6. The number of thiazole rings is 1. The first-order valence-electron chi connectivity index (χ1n) is 8.84. The zero-order valence-electron chi connectivity index (χ0n) is 15.1. The molecule has 0 aliphatic heterocycles. The monoisotopic (exact) mass is 407 g/mol. The van der Waals surface area contributed by atoms with Crippen LogP contribution in [0.15, 0.2) is 63.8 Å². The lowest BCUT2D eigenvalue weighted by atomic mass is 10.1. The van der Waals surface area contributed by atoms with Crippen LogP contribution in [0.25, 0.3) is 22.3 Å². The Morgan fingerprint density at radius 3 is 2.93 bits per heavy atom. The second-order valence-electron chi connectivity index (χ2n) is 6.37. The quantitative estimate of drug-likeness (QED) is 0.395. The maximum absolute atomic E-state index is 5.58. The van der Waals surface area contributed by atoms with Crippen LogP contribution < -0.4 is 0 Å². The van der Waals surface area contributed by atoms with Crippen LogP contribution in [0, 0.1) is 6.92 Å². The van der Waals surface area contributed by atoms with Crippen molar-refractivity contribution in [3.63, 3.8) is 0 Å². The number of aryl methyl sites for hydroxylation is 1. The summed E-state index contributed by atoms with van der Waals surface area (Å²) >= 11 is 3.31. The average molecular weight is 408 g/mol. The number of aromatic amines is 1. The van der Waals surface area contributed by atoms with Gasteiger partial charge in [0.05, 0.1) is 23.5 Å². The van der Waals surface area contributed by atoms with E-state index in [9.17, 15) is 0 Å². The van der Waals surface area contributed by atoms with Crippen molar-refractivity contribution in [3.8, 4) is 11.4 Å². The first-order valence-corrected chi connectivity index (χ1v) is 10.7. The summed E-state index contributed by atoms with van der Waals surface area (Å²) in [6.45, 7) is 2.60. The van der Waals surface area contributed by atoms with Gasteiger partial charge >= 0.3 is 0 Å². The molecular weight excluding hydrogens is 390 g/mol. The molecule has 6 nitrogen and oxygen atoms in total. The van der Waals surface area contributed by atoms with Gasteiger partial charge in [0, 0.05) is 33.8 Å². The Balaban J connectivity index is 1.54. The molecule has 5 rings (SSSR count). The maximum Gasteiger partial charge on any atom is 0.192 e. The molecule has 0 unspecified atom stereocenters. The van der Waals surface area contributed by atoms with Crippen LogP contribution in [0.2, 0.25) is 0 Å². The van der Waals surface area contributed by atoms with Gasteiger partial charge in [0.1, 0.15) is 5.76 Å². The molecular formula is C20H17N5OS2. The molecule has 1 N–H and O–H groups in total. The van der Waals surface area contributed by atoms with Crippen LogP contribution in [-0.4, -0.2) is 24.7 Å². The Morgan fingerprint density at radius 1 is 1.18 bits per heavy atom. The number of nitrogens with one attached hydrogen (secondary N) is 1. The number of para-hydroxylation sites is 1. The molecule has 0 atom stereocenters. The van der Waals surface area contributed by atoms with Gasteiger partial charge in [0.2, 0.25) is 0 Å². The second kappa shape index (κ2) is 7.29. The van der Waals surface area contributed by atoms with Gasteiger partial charge in [-0.05, 0) is 25.1 Å². The molecule has 5 aromatic rings. The Labute approximate surface area is 169 Å². The van der Waals surface area contributed by atoms with Crippen LogP contribution in [-0.2, 0) is 12.3 Å². The van der Waals surface area contributed by atoms with Gasteiger partial charge in [0.15, 0.2) is 11.0 Å². The van der Waals surface area contributed by atoms with Crippen molar-refractivity contribution in [2.24, 2.45) is 0 Å². The van der Waals surface area contributed by atoms with E-state index in [0.29, 0.717) is 6.54 Å². The lowest BCUT2D eigenvalue weighted by molar-refractivity contribution is 0.485. The van der Waals surface area contributed by atoms with Gasteiger partial charge in [0.25, 0.3) is 0 Å². The van der Waals surface area contributed by atoms with Crippen molar-refractivity contribution in [1.29, 1.82) is 0 Å². The van der Waals surface area contributed by atoms with E-state index in [2.05, 4.69) is 42.2 Å². The minimum absolute atomic E-state index is 0.577. The summed E-state index contributed by atoms with van der Waals surface area (Å²) in [6, 6.07) is 12.1. The average Bonchev–Trinajstić information content (AvgIpc) is 3.48. The van der Waals surface area contributed by atoms with E-state index >= 15 is 0 Å². The molecule has 4 aromatic heterocycles. The first kappa shape index (κ1) is 17.3. The third kappa shape index (κ3) is 3.25. The predicted molar refractivity (Wildman–Crippen MR) is 112 cm³/mol. The third-order valence-corrected chi connectivity index (χ3v) is 6.28. The van der Waals surface area contributed by atoms with Crippen molar-refractivity contribution >= 4 is 34.0 Å². The van der Waals surface area contributed by atoms with Gasteiger partial charge < -0.3 is 9.40 Å². The molecule has 0 fully saturated rings. The number of fused-ring (bicyclic) bond motifs is 1. The molecule has 0 amide bonds. The summed E-state index contributed by atoms with van der Waals surface area (Å²) in [5.74, 6) is 2.45.